The number of hydrogen-bond donors (Lipinski definition) is 1. The SMILES string of the molecule is [B]c1ccc(C2Nc3ccccc3-c3nnc(SCCC)nc3O2)cc1. The van der Waals surface area contributed by atoms with Gasteiger partial charge in [0.15, 0.2) is 11.9 Å². The Kier molecular flexibility index (Phi) is 4.80. The Morgan fingerprint density at radius 3 is 2.73 bits per heavy atom. The van der Waals surface area contributed by atoms with Crippen molar-refractivity contribution >= 4 is 30.8 Å². The summed E-state index contributed by atoms with van der Waals surface area (Å²) in [5.41, 5.74) is 4.17. The zero-order valence-electron chi connectivity index (χ0n) is 14.3. The van der Waals surface area contributed by atoms with E-state index < -0.39 is 6.23 Å². The van der Waals surface area contributed by atoms with Crippen LogP contribution in [-0.4, -0.2) is 28.8 Å². The molecular formula is C19H17BN4OS. The minimum Gasteiger partial charge on any atom is -0.448 e. The Bertz CT molecular complexity index is 920. The molecule has 3 aromatic rings. The van der Waals surface area contributed by atoms with E-state index in [0.717, 1.165) is 29.0 Å². The lowest BCUT2D eigenvalue weighted by Gasteiger charge is -2.19. The van der Waals surface area contributed by atoms with E-state index in [-0.39, 0.29) is 0 Å². The highest BCUT2D eigenvalue weighted by molar-refractivity contribution is 7.99. The lowest BCUT2D eigenvalue weighted by atomic mass is 9.95. The summed E-state index contributed by atoms with van der Waals surface area (Å²) in [4.78, 5) is 4.61. The number of ether oxygens (including phenoxy) is 1. The number of rotatable bonds is 4. The van der Waals surface area contributed by atoms with E-state index in [9.17, 15) is 0 Å². The van der Waals surface area contributed by atoms with E-state index in [1.807, 2.05) is 48.5 Å². The van der Waals surface area contributed by atoms with E-state index in [0.29, 0.717) is 22.2 Å². The summed E-state index contributed by atoms with van der Waals surface area (Å²) < 4.78 is 6.21. The summed E-state index contributed by atoms with van der Waals surface area (Å²) in [5.74, 6) is 1.43. The molecule has 0 spiro atoms. The number of hydrogen-bond acceptors (Lipinski definition) is 6. The number of fused-ring (bicyclic) bond motifs is 3. The monoisotopic (exact) mass is 360 g/mol. The van der Waals surface area contributed by atoms with Gasteiger partial charge in [-0.2, -0.15) is 4.98 Å². The average Bonchev–Trinajstić information content (AvgIpc) is 2.83. The molecule has 0 aliphatic carbocycles. The first-order valence-electron chi connectivity index (χ1n) is 8.50. The molecule has 7 heteroatoms. The van der Waals surface area contributed by atoms with Crippen LogP contribution in [-0.2, 0) is 0 Å². The van der Waals surface area contributed by atoms with Crippen molar-refractivity contribution in [3.05, 3.63) is 54.1 Å². The minimum absolute atomic E-state index is 0.390. The molecule has 128 valence electrons. The lowest BCUT2D eigenvalue weighted by Crippen LogP contribution is -2.18. The smallest absolute Gasteiger partial charge is 0.247 e. The lowest BCUT2D eigenvalue weighted by molar-refractivity contribution is 0.225. The number of thioether (sulfide) groups is 1. The molecule has 4 rings (SSSR count). The van der Waals surface area contributed by atoms with E-state index in [4.69, 9.17) is 12.6 Å². The summed E-state index contributed by atoms with van der Waals surface area (Å²) in [5, 5.41) is 12.7. The summed E-state index contributed by atoms with van der Waals surface area (Å²) >= 11 is 1.58. The second-order valence-electron chi connectivity index (χ2n) is 5.95. The number of para-hydroxylation sites is 1. The van der Waals surface area contributed by atoms with Crippen LogP contribution in [0.3, 0.4) is 0 Å². The highest BCUT2D eigenvalue weighted by atomic mass is 32.2. The summed E-state index contributed by atoms with van der Waals surface area (Å²) in [6.45, 7) is 2.12. The van der Waals surface area contributed by atoms with Gasteiger partial charge in [-0.3, -0.25) is 0 Å². The van der Waals surface area contributed by atoms with Crippen molar-refractivity contribution in [1.29, 1.82) is 0 Å². The van der Waals surface area contributed by atoms with Gasteiger partial charge in [-0.05, 0) is 12.5 Å². The molecule has 2 radical (unpaired) electrons. The molecule has 1 atom stereocenters. The van der Waals surface area contributed by atoms with E-state index in [1.165, 1.54) is 0 Å². The van der Waals surface area contributed by atoms with Crippen LogP contribution in [0.4, 0.5) is 5.69 Å². The maximum atomic E-state index is 6.21. The van der Waals surface area contributed by atoms with Gasteiger partial charge in [0.05, 0.1) is 0 Å². The third-order valence-electron chi connectivity index (χ3n) is 4.01. The maximum Gasteiger partial charge on any atom is 0.247 e. The van der Waals surface area contributed by atoms with E-state index in [2.05, 4.69) is 27.4 Å². The fourth-order valence-electron chi connectivity index (χ4n) is 2.72. The highest BCUT2D eigenvalue weighted by Gasteiger charge is 2.25. The molecule has 1 N–H and O–H groups in total. The van der Waals surface area contributed by atoms with Crippen molar-refractivity contribution < 1.29 is 4.74 Å². The van der Waals surface area contributed by atoms with Gasteiger partial charge in [-0.1, -0.05) is 66.6 Å². The van der Waals surface area contributed by atoms with Crippen LogP contribution in [0.15, 0.2) is 53.7 Å². The largest absolute Gasteiger partial charge is 0.448 e. The Morgan fingerprint density at radius 2 is 1.92 bits per heavy atom. The van der Waals surface area contributed by atoms with Crippen LogP contribution >= 0.6 is 11.8 Å². The van der Waals surface area contributed by atoms with E-state index in [1.54, 1.807) is 11.8 Å². The molecule has 1 aromatic heterocycles. The topological polar surface area (TPSA) is 59.9 Å². The first kappa shape index (κ1) is 16.9. The van der Waals surface area contributed by atoms with Crippen molar-refractivity contribution in [2.75, 3.05) is 11.1 Å². The fourth-order valence-corrected chi connectivity index (χ4v) is 3.36. The predicted octanol–water partition coefficient (Wildman–Crippen LogP) is 3.34. The van der Waals surface area contributed by atoms with Gasteiger partial charge in [0, 0.05) is 22.6 Å². The van der Waals surface area contributed by atoms with Crippen molar-refractivity contribution in [3.8, 4) is 17.1 Å². The standard InChI is InChI=1S/C19H17BN4OS/c1-2-11-26-19-22-18-16(23-24-19)14-5-3-4-6-15(14)21-17(25-18)12-7-9-13(20)10-8-12/h3-10,17,21H,2,11H2,1H3. The molecule has 1 aliphatic rings. The molecular weight excluding hydrogens is 343 g/mol. The van der Waals surface area contributed by atoms with Crippen molar-refractivity contribution in [2.24, 2.45) is 0 Å². The zero-order valence-corrected chi connectivity index (χ0v) is 15.2. The molecule has 0 bridgehead atoms. The van der Waals surface area contributed by atoms with Crippen molar-refractivity contribution in [1.82, 2.24) is 15.2 Å². The summed E-state index contributed by atoms with van der Waals surface area (Å²) in [7, 11) is 5.81. The first-order chi connectivity index (χ1) is 12.7. The first-order valence-corrected chi connectivity index (χ1v) is 9.48. The molecule has 1 aliphatic heterocycles. The van der Waals surface area contributed by atoms with Crippen molar-refractivity contribution in [2.45, 2.75) is 24.7 Å². The number of nitrogens with one attached hydrogen (secondary N) is 1. The third kappa shape index (κ3) is 3.39. The molecule has 2 heterocycles. The molecule has 2 aromatic carbocycles. The van der Waals surface area contributed by atoms with Gasteiger partial charge in [-0.15, -0.1) is 10.2 Å². The molecule has 0 saturated heterocycles. The van der Waals surface area contributed by atoms with Crippen LogP contribution in [0.25, 0.3) is 11.3 Å². The number of nitrogens with zero attached hydrogens (tertiary/aromatic N) is 3. The van der Waals surface area contributed by atoms with Crippen LogP contribution in [0.2, 0.25) is 0 Å². The Morgan fingerprint density at radius 1 is 1.12 bits per heavy atom. The van der Waals surface area contributed by atoms with Gasteiger partial charge in [0.25, 0.3) is 0 Å². The van der Waals surface area contributed by atoms with Gasteiger partial charge < -0.3 is 10.1 Å². The maximum absolute atomic E-state index is 6.21. The highest BCUT2D eigenvalue weighted by Crippen LogP contribution is 2.39. The molecule has 1 unspecified atom stereocenters. The van der Waals surface area contributed by atoms with Crippen molar-refractivity contribution in [3.63, 3.8) is 0 Å². The fraction of sp³-hybridized carbons (Fsp3) is 0.211. The Balaban J connectivity index is 1.78. The second kappa shape index (κ2) is 7.37. The van der Waals surface area contributed by atoms with Crippen LogP contribution in [0, 0.1) is 0 Å². The quantitative estimate of drug-likeness (QED) is 0.569. The minimum atomic E-state index is -0.390. The number of aromatic nitrogens is 3. The Labute approximate surface area is 158 Å². The molecule has 0 fully saturated rings. The number of anilines is 1. The predicted molar refractivity (Wildman–Crippen MR) is 105 cm³/mol. The van der Waals surface area contributed by atoms with Crippen LogP contribution < -0.4 is 15.5 Å². The van der Waals surface area contributed by atoms with Crippen LogP contribution in [0.5, 0.6) is 5.88 Å². The summed E-state index contributed by atoms with van der Waals surface area (Å²) in [6.07, 6.45) is 0.656. The number of benzene rings is 2. The molecule has 0 saturated carbocycles. The third-order valence-corrected chi connectivity index (χ3v) is 5.05. The normalized spacial score (nSPS) is 15.2. The summed E-state index contributed by atoms with van der Waals surface area (Å²) in [6, 6.07) is 15.5. The molecule has 5 nitrogen and oxygen atoms in total. The zero-order chi connectivity index (χ0) is 17.9. The van der Waals surface area contributed by atoms with Gasteiger partial charge in [0.2, 0.25) is 11.0 Å². The average molecular weight is 360 g/mol. The Hall–Kier alpha value is -2.54. The second-order valence-corrected chi connectivity index (χ2v) is 7.01. The van der Waals surface area contributed by atoms with Crippen LogP contribution in [0.1, 0.15) is 25.1 Å². The van der Waals surface area contributed by atoms with E-state index >= 15 is 0 Å². The van der Waals surface area contributed by atoms with Gasteiger partial charge in [-0.25, -0.2) is 0 Å². The molecule has 0 amide bonds. The van der Waals surface area contributed by atoms with Gasteiger partial charge >= 0.3 is 0 Å². The van der Waals surface area contributed by atoms with Gasteiger partial charge in [0.1, 0.15) is 7.85 Å². The molecule has 26 heavy (non-hydrogen) atoms.